The van der Waals surface area contributed by atoms with Gasteiger partial charge < -0.3 is 4.74 Å². The molecular weight excluding hydrogens is 156 g/mol. The van der Waals surface area contributed by atoms with E-state index in [1.807, 2.05) is 20.8 Å². The Morgan fingerprint density at radius 1 is 1.42 bits per heavy atom. The third-order valence-corrected chi connectivity index (χ3v) is 1.35. The minimum atomic E-state index is -0.421. The van der Waals surface area contributed by atoms with Gasteiger partial charge in [-0.05, 0) is 33.6 Å². The van der Waals surface area contributed by atoms with Crippen LogP contribution >= 0.6 is 0 Å². The van der Waals surface area contributed by atoms with Gasteiger partial charge in [-0.1, -0.05) is 0 Å². The van der Waals surface area contributed by atoms with Crippen molar-refractivity contribution in [3.8, 4) is 0 Å². The summed E-state index contributed by atoms with van der Waals surface area (Å²) >= 11 is 0. The van der Waals surface area contributed by atoms with Crippen molar-refractivity contribution in [3.05, 3.63) is 0 Å². The minimum Gasteiger partial charge on any atom is -0.443 e. The lowest BCUT2D eigenvalue weighted by atomic mass is 10.2. The molecule has 12 heavy (non-hydrogen) atoms. The van der Waals surface area contributed by atoms with Crippen LogP contribution in [0.4, 0.5) is 4.79 Å². The largest absolute Gasteiger partial charge is 0.443 e. The maximum absolute atomic E-state index is 11.0. The Labute approximate surface area is 72.6 Å². The molecular formula is C8H16N2O2. The van der Waals surface area contributed by atoms with E-state index in [4.69, 9.17) is 4.74 Å². The van der Waals surface area contributed by atoms with Crippen LogP contribution in [0.25, 0.3) is 0 Å². The monoisotopic (exact) mass is 172 g/mol. The molecule has 0 aliphatic heterocycles. The summed E-state index contributed by atoms with van der Waals surface area (Å²) in [6, 6.07) is 0.456. The van der Waals surface area contributed by atoms with E-state index in [9.17, 15) is 4.79 Å². The molecule has 1 aliphatic carbocycles. The van der Waals surface area contributed by atoms with E-state index < -0.39 is 11.7 Å². The van der Waals surface area contributed by atoms with Crippen molar-refractivity contribution in [2.75, 3.05) is 0 Å². The SMILES string of the molecule is CC(C)(C)OC(=O)NNC1CC1. The van der Waals surface area contributed by atoms with Gasteiger partial charge in [0, 0.05) is 6.04 Å². The van der Waals surface area contributed by atoms with Gasteiger partial charge in [0.05, 0.1) is 0 Å². The fourth-order valence-corrected chi connectivity index (χ4v) is 0.692. The van der Waals surface area contributed by atoms with E-state index >= 15 is 0 Å². The lowest BCUT2D eigenvalue weighted by Gasteiger charge is -2.19. The highest BCUT2D eigenvalue weighted by atomic mass is 16.6. The molecule has 1 fully saturated rings. The Kier molecular flexibility index (Phi) is 2.57. The summed E-state index contributed by atoms with van der Waals surface area (Å²) in [5.41, 5.74) is 4.92. The summed E-state index contributed by atoms with van der Waals surface area (Å²) in [6.45, 7) is 5.51. The molecule has 4 nitrogen and oxygen atoms in total. The van der Waals surface area contributed by atoms with Crippen molar-refractivity contribution >= 4 is 6.09 Å². The molecule has 0 unspecified atom stereocenters. The van der Waals surface area contributed by atoms with Crippen LogP contribution in [0.1, 0.15) is 33.6 Å². The molecule has 1 rings (SSSR count). The number of amides is 1. The fraction of sp³-hybridized carbons (Fsp3) is 0.875. The van der Waals surface area contributed by atoms with Gasteiger partial charge in [0.2, 0.25) is 0 Å². The minimum absolute atomic E-state index is 0.408. The lowest BCUT2D eigenvalue weighted by molar-refractivity contribution is 0.0496. The van der Waals surface area contributed by atoms with E-state index in [0.29, 0.717) is 6.04 Å². The van der Waals surface area contributed by atoms with E-state index in [2.05, 4.69) is 10.9 Å². The van der Waals surface area contributed by atoms with E-state index in [1.54, 1.807) is 0 Å². The molecule has 0 aromatic carbocycles. The number of ether oxygens (including phenoxy) is 1. The van der Waals surface area contributed by atoms with Gasteiger partial charge >= 0.3 is 6.09 Å². The highest BCUT2D eigenvalue weighted by Crippen LogP contribution is 2.17. The number of hydrogen-bond donors (Lipinski definition) is 2. The quantitative estimate of drug-likeness (QED) is 0.615. The summed E-state index contributed by atoms with van der Waals surface area (Å²) in [4.78, 5) is 11.0. The van der Waals surface area contributed by atoms with E-state index in [0.717, 1.165) is 12.8 Å². The van der Waals surface area contributed by atoms with Crippen molar-refractivity contribution in [3.63, 3.8) is 0 Å². The van der Waals surface area contributed by atoms with E-state index in [-0.39, 0.29) is 0 Å². The zero-order valence-corrected chi connectivity index (χ0v) is 7.81. The molecule has 2 N–H and O–H groups in total. The highest BCUT2D eigenvalue weighted by molar-refractivity contribution is 5.67. The topological polar surface area (TPSA) is 50.4 Å². The predicted octanol–water partition coefficient (Wildman–Crippen LogP) is 1.18. The number of rotatable bonds is 2. The van der Waals surface area contributed by atoms with Crippen LogP contribution < -0.4 is 10.9 Å². The van der Waals surface area contributed by atoms with Crippen molar-refractivity contribution in [1.29, 1.82) is 0 Å². The van der Waals surface area contributed by atoms with Gasteiger partial charge in [-0.3, -0.25) is 5.43 Å². The summed E-state index contributed by atoms with van der Waals surface area (Å²) in [6.07, 6.45) is 1.86. The Balaban J connectivity index is 2.10. The first kappa shape index (κ1) is 9.32. The molecule has 0 aromatic heterocycles. The number of carbonyl (C=O) groups is 1. The van der Waals surface area contributed by atoms with E-state index in [1.165, 1.54) is 0 Å². The van der Waals surface area contributed by atoms with Crippen LogP contribution in [0.15, 0.2) is 0 Å². The predicted molar refractivity (Wildman–Crippen MR) is 45.5 cm³/mol. The Hall–Kier alpha value is -0.770. The second-order valence-electron chi connectivity index (χ2n) is 4.05. The fourth-order valence-electron chi connectivity index (χ4n) is 0.692. The van der Waals surface area contributed by atoms with Crippen LogP contribution in [0, 0.1) is 0 Å². The van der Waals surface area contributed by atoms with Crippen LogP contribution in [0.3, 0.4) is 0 Å². The number of carbonyl (C=O) groups excluding carboxylic acids is 1. The number of hydrogen-bond acceptors (Lipinski definition) is 3. The Morgan fingerprint density at radius 3 is 2.42 bits per heavy atom. The molecule has 0 bridgehead atoms. The third kappa shape index (κ3) is 4.18. The first-order valence-electron chi connectivity index (χ1n) is 4.22. The molecule has 0 atom stereocenters. The first-order chi connectivity index (χ1) is 5.47. The maximum Gasteiger partial charge on any atom is 0.422 e. The molecule has 4 heteroatoms. The zero-order valence-electron chi connectivity index (χ0n) is 7.81. The second kappa shape index (κ2) is 3.31. The van der Waals surface area contributed by atoms with Gasteiger partial charge in [-0.25, -0.2) is 10.2 Å². The Morgan fingerprint density at radius 2 is 2.00 bits per heavy atom. The van der Waals surface area contributed by atoms with Crippen molar-refractivity contribution in [2.24, 2.45) is 0 Å². The number of nitrogens with one attached hydrogen (secondary N) is 2. The van der Waals surface area contributed by atoms with Crippen molar-refractivity contribution in [2.45, 2.75) is 45.3 Å². The molecule has 1 amide bonds. The average Bonchev–Trinajstić information content (AvgIpc) is 2.61. The molecule has 0 aromatic rings. The van der Waals surface area contributed by atoms with Gasteiger partial charge in [0.15, 0.2) is 0 Å². The smallest absolute Gasteiger partial charge is 0.422 e. The van der Waals surface area contributed by atoms with Gasteiger partial charge in [0.25, 0.3) is 0 Å². The lowest BCUT2D eigenvalue weighted by Crippen LogP contribution is -2.42. The second-order valence-corrected chi connectivity index (χ2v) is 4.05. The standard InChI is InChI=1S/C8H16N2O2/c1-8(2,3)12-7(11)10-9-6-4-5-6/h6,9H,4-5H2,1-3H3,(H,10,11). The summed E-state index contributed by atoms with van der Waals surface area (Å²) in [7, 11) is 0. The molecule has 0 radical (unpaired) electrons. The van der Waals surface area contributed by atoms with Crippen LogP contribution in [0.2, 0.25) is 0 Å². The van der Waals surface area contributed by atoms with Gasteiger partial charge in [-0.15, -0.1) is 0 Å². The van der Waals surface area contributed by atoms with Crippen molar-refractivity contribution < 1.29 is 9.53 Å². The van der Waals surface area contributed by atoms with Crippen LogP contribution in [-0.4, -0.2) is 17.7 Å². The maximum atomic E-state index is 11.0. The summed E-state index contributed by atoms with van der Waals surface area (Å²) in [5.74, 6) is 0. The van der Waals surface area contributed by atoms with Crippen LogP contribution in [-0.2, 0) is 4.74 Å². The number of hydrazine groups is 1. The zero-order chi connectivity index (χ0) is 9.19. The van der Waals surface area contributed by atoms with Crippen LogP contribution in [0.5, 0.6) is 0 Å². The summed E-state index contributed by atoms with van der Waals surface area (Å²) < 4.78 is 5.00. The molecule has 0 saturated heterocycles. The average molecular weight is 172 g/mol. The molecule has 1 saturated carbocycles. The molecule has 0 heterocycles. The first-order valence-corrected chi connectivity index (χ1v) is 4.22. The Bertz CT molecular complexity index is 170. The van der Waals surface area contributed by atoms with Gasteiger partial charge in [-0.2, -0.15) is 0 Å². The summed E-state index contributed by atoms with van der Waals surface area (Å²) in [5, 5.41) is 0. The molecule has 1 aliphatic rings. The molecule has 0 spiro atoms. The van der Waals surface area contributed by atoms with Crippen molar-refractivity contribution in [1.82, 2.24) is 10.9 Å². The molecule has 70 valence electrons. The van der Waals surface area contributed by atoms with Gasteiger partial charge in [0.1, 0.15) is 5.60 Å². The highest BCUT2D eigenvalue weighted by Gasteiger charge is 2.22. The normalized spacial score (nSPS) is 17.2. The third-order valence-electron chi connectivity index (χ3n) is 1.35.